The molecule has 3 nitrogen and oxygen atoms in total. The predicted molar refractivity (Wildman–Crippen MR) is 63.7 cm³/mol. The lowest BCUT2D eigenvalue weighted by atomic mass is 9.85. The van der Waals surface area contributed by atoms with Crippen LogP contribution < -0.4 is 5.73 Å². The molecule has 0 aliphatic heterocycles. The van der Waals surface area contributed by atoms with Gasteiger partial charge in [-0.25, -0.2) is 0 Å². The summed E-state index contributed by atoms with van der Waals surface area (Å²) in [7, 11) is 1.99. The lowest BCUT2D eigenvalue weighted by molar-refractivity contribution is 0.331. The van der Waals surface area contributed by atoms with Gasteiger partial charge in [-0.3, -0.25) is 4.68 Å². The molecule has 0 saturated heterocycles. The van der Waals surface area contributed by atoms with Crippen LogP contribution in [0.25, 0.3) is 0 Å². The van der Waals surface area contributed by atoms with Gasteiger partial charge in [-0.2, -0.15) is 5.10 Å². The fourth-order valence-corrected chi connectivity index (χ4v) is 1.50. The molecule has 0 radical (unpaired) electrons. The third-order valence-corrected chi connectivity index (χ3v) is 3.27. The van der Waals surface area contributed by atoms with Crippen LogP contribution in [0.5, 0.6) is 0 Å². The van der Waals surface area contributed by atoms with Crippen molar-refractivity contribution >= 4 is 0 Å². The van der Waals surface area contributed by atoms with Gasteiger partial charge in [0.25, 0.3) is 0 Å². The molecule has 0 aliphatic rings. The Morgan fingerprint density at radius 1 is 1.53 bits per heavy atom. The molecular weight excluding hydrogens is 186 g/mol. The van der Waals surface area contributed by atoms with Crippen LogP contribution in [0.15, 0.2) is 6.07 Å². The molecule has 0 bridgehead atoms. The Kier molecular flexibility index (Phi) is 3.55. The van der Waals surface area contributed by atoms with Gasteiger partial charge in [-0.05, 0) is 25.3 Å². The van der Waals surface area contributed by atoms with Crippen molar-refractivity contribution in [3.63, 3.8) is 0 Å². The SMILES string of the molecule is CCc1cc(CC(C)(N)C(C)C)n(C)n1. The van der Waals surface area contributed by atoms with E-state index in [0.29, 0.717) is 5.92 Å². The molecule has 0 aliphatic carbocycles. The smallest absolute Gasteiger partial charge is 0.0624 e. The maximum Gasteiger partial charge on any atom is 0.0624 e. The van der Waals surface area contributed by atoms with Crippen molar-refractivity contribution in [3.8, 4) is 0 Å². The summed E-state index contributed by atoms with van der Waals surface area (Å²) in [6.07, 6.45) is 1.87. The first-order valence-electron chi connectivity index (χ1n) is 5.67. The Bertz CT molecular complexity index is 324. The van der Waals surface area contributed by atoms with E-state index in [1.807, 2.05) is 11.7 Å². The highest BCUT2D eigenvalue weighted by atomic mass is 15.3. The minimum Gasteiger partial charge on any atom is -0.325 e. The van der Waals surface area contributed by atoms with Crippen LogP contribution in [-0.2, 0) is 19.9 Å². The highest BCUT2D eigenvalue weighted by Crippen LogP contribution is 2.19. The summed E-state index contributed by atoms with van der Waals surface area (Å²) in [5.41, 5.74) is 8.49. The standard InChI is InChI=1S/C12H23N3/c1-6-10-7-11(15(5)14-10)8-12(4,13)9(2)3/h7,9H,6,8,13H2,1-5H3. The van der Waals surface area contributed by atoms with Gasteiger partial charge in [0.2, 0.25) is 0 Å². The monoisotopic (exact) mass is 209 g/mol. The second-order valence-electron chi connectivity index (χ2n) is 4.94. The second-order valence-corrected chi connectivity index (χ2v) is 4.94. The molecule has 1 atom stereocenters. The maximum absolute atomic E-state index is 6.27. The molecule has 15 heavy (non-hydrogen) atoms. The van der Waals surface area contributed by atoms with Crippen molar-refractivity contribution in [2.24, 2.45) is 18.7 Å². The molecule has 0 aromatic carbocycles. The average molecular weight is 209 g/mol. The van der Waals surface area contributed by atoms with Gasteiger partial charge in [0.1, 0.15) is 0 Å². The van der Waals surface area contributed by atoms with Gasteiger partial charge in [0.05, 0.1) is 5.69 Å². The number of nitrogens with zero attached hydrogens (tertiary/aromatic N) is 2. The molecule has 0 amide bonds. The minimum absolute atomic E-state index is 0.154. The minimum atomic E-state index is -0.154. The summed E-state index contributed by atoms with van der Waals surface area (Å²) in [6, 6.07) is 2.16. The zero-order chi connectivity index (χ0) is 11.6. The van der Waals surface area contributed by atoms with Crippen molar-refractivity contribution in [1.82, 2.24) is 9.78 Å². The number of aryl methyl sites for hydroxylation is 2. The number of hydrogen-bond donors (Lipinski definition) is 1. The molecule has 0 fully saturated rings. The van der Waals surface area contributed by atoms with Crippen molar-refractivity contribution in [2.75, 3.05) is 0 Å². The largest absolute Gasteiger partial charge is 0.325 e. The quantitative estimate of drug-likeness (QED) is 0.823. The van der Waals surface area contributed by atoms with Crippen LogP contribution in [0.1, 0.15) is 39.1 Å². The predicted octanol–water partition coefficient (Wildman–Crippen LogP) is 1.90. The first-order valence-corrected chi connectivity index (χ1v) is 5.67. The molecule has 1 unspecified atom stereocenters. The average Bonchev–Trinajstić information content (AvgIpc) is 2.46. The molecule has 3 heteroatoms. The zero-order valence-electron chi connectivity index (χ0n) is 10.5. The van der Waals surface area contributed by atoms with Crippen LogP contribution in [0, 0.1) is 5.92 Å². The van der Waals surface area contributed by atoms with Crippen LogP contribution >= 0.6 is 0 Å². The van der Waals surface area contributed by atoms with E-state index < -0.39 is 0 Å². The summed E-state index contributed by atoms with van der Waals surface area (Å²) >= 11 is 0. The Morgan fingerprint density at radius 3 is 2.53 bits per heavy atom. The number of rotatable bonds is 4. The van der Waals surface area contributed by atoms with Gasteiger partial charge in [-0.15, -0.1) is 0 Å². The third kappa shape index (κ3) is 2.81. The zero-order valence-corrected chi connectivity index (χ0v) is 10.5. The summed E-state index contributed by atoms with van der Waals surface area (Å²) in [4.78, 5) is 0. The van der Waals surface area contributed by atoms with E-state index >= 15 is 0 Å². The Balaban J connectivity index is 2.84. The van der Waals surface area contributed by atoms with Crippen molar-refractivity contribution in [1.29, 1.82) is 0 Å². The molecule has 1 heterocycles. The normalized spacial score (nSPS) is 15.7. The summed E-state index contributed by atoms with van der Waals surface area (Å²) in [5, 5.41) is 4.43. The van der Waals surface area contributed by atoms with E-state index in [1.54, 1.807) is 0 Å². The summed E-state index contributed by atoms with van der Waals surface area (Å²) < 4.78 is 1.95. The van der Waals surface area contributed by atoms with E-state index in [-0.39, 0.29) is 5.54 Å². The van der Waals surface area contributed by atoms with Gasteiger partial charge in [0.15, 0.2) is 0 Å². The lowest BCUT2D eigenvalue weighted by Crippen LogP contribution is -2.44. The maximum atomic E-state index is 6.27. The second kappa shape index (κ2) is 4.35. The van der Waals surface area contributed by atoms with E-state index in [4.69, 9.17) is 5.73 Å². The molecule has 86 valence electrons. The number of hydrogen-bond acceptors (Lipinski definition) is 2. The Hall–Kier alpha value is -0.830. The number of aromatic nitrogens is 2. The first kappa shape index (κ1) is 12.2. The molecule has 2 N–H and O–H groups in total. The Labute approximate surface area is 92.7 Å². The Morgan fingerprint density at radius 2 is 2.13 bits per heavy atom. The van der Waals surface area contributed by atoms with Crippen LogP contribution in [0.4, 0.5) is 0 Å². The molecule has 1 aromatic heterocycles. The van der Waals surface area contributed by atoms with Crippen LogP contribution in [0.2, 0.25) is 0 Å². The molecule has 1 aromatic rings. The third-order valence-electron chi connectivity index (χ3n) is 3.27. The molecular formula is C12H23N3. The highest BCUT2D eigenvalue weighted by Gasteiger charge is 2.24. The molecule has 1 rings (SSSR count). The molecule has 0 saturated carbocycles. The van der Waals surface area contributed by atoms with E-state index in [2.05, 4.69) is 38.9 Å². The topological polar surface area (TPSA) is 43.8 Å². The number of nitrogens with two attached hydrogens (primary N) is 1. The summed E-state index contributed by atoms with van der Waals surface area (Å²) in [6.45, 7) is 8.56. The van der Waals surface area contributed by atoms with Crippen molar-refractivity contribution in [2.45, 2.75) is 46.1 Å². The van der Waals surface area contributed by atoms with E-state index in [0.717, 1.165) is 18.5 Å². The van der Waals surface area contributed by atoms with Gasteiger partial charge in [-0.1, -0.05) is 20.8 Å². The fraction of sp³-hybridized carbons (Fsp3) is 0.750. The fourth-order valence-electron chi connectivity index (χ4n) is 1.50. The van der Waals surface area contributed by atoms with Gasteiger partial charge in [0, 0.05) is 24.7 Å². The summed E-state index contributed by atoms with van der Waals surface area (Å²) in [5.74, 6) is 0.470. The van der Waals surface area contributed by atoms with Crippen LogP contribution in [-0.4, -0.2) is 15.3 Å². The highest BCUT2D eigenvalue weighted by molar-refractivity contribution is 5.13. The first-order chi connectivity index (χ1) is 6.86. The van der Waals surface area contributed by atoms with E-state index in [1.165, 1.54) is 5.69 Å². The van der Waals surface area contributed by atoms with E-state index in [9.17, 15) is 0 Å². The van der Waals surface area contributed by atoms with Gasteiger partial charge < -0.3 is 5.73 Å². The van der Waals surface area contributed by atoms with Gasteiger partial charge >= 0.3 is 0 Å². The van der Waals surface area contributed by atoms with Crippen LogP contribution in [0.3, 0.4) is 0 Å². The lowest BCUT2D eigenvalue weighted by Gasteiger charge is -2.29. The van der Waals surface area contributed by atoms with Crippen molar-refractivity contribution in [3.05, 3.63) is 17.5 Å². The molecule has 0 spiro atoms. The van der Waals surface area contributed by atoms with Crippen molar-refractivity contribution < 1.29 is 0 Å².